The predicted molar refractivity (Wildman–Crippen MR) is 123 cm³/mol. The molecule has 0 aromatic heterocycles. The monoisotopic (exact) mass is 400 g/mol. The Balaban J connectivity index is 1.70. The molecule has 0 radical (unpaired) electrons. The van der Waals surface area contributed by atoms with E-state index in [2.05, 4.69) is 46.4 Å². The van der Waals surface area contributed by atoms with E-state index in [1.54, 1.807) is 5.57 Å². The summed E-state index contributed by atoms with van der Waals surface area (Å²) in [4.78, 5) is 0. The summed E-state index contributed by atoms with van der Waals surface area (Å²) in [6.45, 7) is 13.9. The fraction of sp³-hybridized carbons (Fsp3) is 0.778. The van der Waals surface area contributed by atoms with E-state index < -0.39 is 12.2 Å². The zero-order valence-electron chi connectivity index (χ0n) is 19.3. The number of rotatable bonds is 6. The second kappa shape index (κ2) is 9.52. The van der Waals surface area contributed by atoms with Crippen molar-refractivity contribution in [1.82, 2.24) is 0 Å². The molecule has 0 aromatic rings. The first-order chi connectivity index (χ1) is 13.7. The average molecular weight is 401 g/mol. The van der Waals surface area contributed by atoms with Crippen molar-refractivity contribution in [3.63, 3.8) is 0 Å². The van der Waals surface area contributed by atoms with Crippen molar-refractivity contribution < 1.29 is 10.2 Å². The minimum atomic E-state index is -0.655. The molecule has 0 amide bonds. The standard InChI is InChI=1S/C27H44O2/c1-18(2)8-6-9-19(3)23-13-14-24-21(10-7-15-27(23,24)5)11-12-22-17-26(29)25(28)16-20(22)4/h11-12,18-19,23-26,28-29H,4,6-10,13-17H2,1-3,5H3/b21-11+,22-12-/t19-,23-,24+,25-,26-,27-/m1/s1. The van der Waals surface area contributed by atoms with Crippen molar-refractivity contribution in [1.29, 1.82) is 0 Å². The van der Waals surface area contributed by atoms with Crippen LogP contribution in [0.5, 0.6) is 0 Å². The van der Waals surface area contributed by atoms with Gasteiger partial charge in [-0.2, -0.15) is 0 Å². The summed E-state index contributed by atoms with van der Waals surface area (Å²) in [5, 5.41) is 19.9. The lowest BCUT2D eigenvalue weighted by atomic mass is 9.60. The van der Waals surface area contributed by atoms with Crippen molar-refractivity contribution in [3.8, 4) is 0 Å². The Morgan fingerprint density at radius 1 is 1.07 bits per heavy atom. The van der Waals surface area contributed by atoms with Crippen LogP contribution in [0.2, 0.25) is 0 Å². The molecule has 6 atom stereocenters. The van der Waals surface area contributed by atoms with Gasteiger partial charge < -0.3 is 10.2 Å². The lowest BCUT2D eigenvalue weighted by molar-refractivity contribution is 0.0138. The highest BCUT2D eigenvalue weighted by Crippen LogP contribution is 2.59. The molecule has 3 rings (SSSR count). The Morgan fingerprint density at radius 2 is 1.79 bits per heavy atom. The maximum Gasteiger partial charge on any atom is 0.0842 e. The molecule has 0 saturated heterocycles. The summed E-state index contributed by atoms with van der Waals surface area (Å²) >= 11 is 0. The molecular weight excluding hydrogens is 356 g/mol. The third-order valence-corrected chi connectivity index (χ3v) is 8.45. The summed E-state index contributed by atoms with van der Waals surface area (Å²) < 4.78 is 0. The summed E-state index contributed by atoms with van der Waals surface area (Å²) in [6.07, 6.45) is 15.0. The first kappa shape index (κ1) is 22.8. The van der Waals surface area contributed by atoms with Gasteiger partial charge in [-0.05, 0) is 72.3 Å². The lowest BCUT2D eigenvalue weighted by Gasteiger charge is -2.44. The van der Waals surface area contributed by atoms with Gasteiger partial charge in [0.15, 0.2) is 0 Å². The number of hydrogen-bond donors (Lipinski definition) is 2. The van der Waals surface area contributed by atoms with Gasteiger partial charge in [0, 0.05) is 12.8 Å². The van der Waals surface area contributed by atoms with Crippen LogP contribution in [0.4, 0.5) is 0 Å². The molecule has 3 saturated carbocycles. The number of aliphatic hydroxyl groups excluding tert-OH is 2. The van der Waals surface area contributed by atoms with Gasteiger partial charge in [0.2, 0.25) is 0 Å². The minimum Gasteiger partial charge on any atom is -0.390 e. The highest BCUT2D eigenvalue weighted by atomic mass is 16.3. The van der Waals surface area contributed by atoms with Crippen molar-refractivity contribution in [2.75, 3.05) is 0 Å². The predicted octanol–water partition coefficient (Wildman–Crippen LogP) is 6.59. The van der Waals surface area contributed by atoms with Crippen LogP contribution in [0, 0.1) is 29.1 Å². The Kier molecular flexibility index (Phi) is 7.49. The molecule has 0 bridgehead atoms. The zero-order chi connectivity index (χ0) is 21.2. The number of allylic oxidation sites excluding steroid dienone is 3. The third kappa shape index (κ3) is 5.07. The molecule has 2 heteroatoms. The third-order valence-electron chi connectivity index (χ3n) is 8.45. The molecule has 3 aliphatic carbocycles. The van der Waals surface area contributed by atoms with E-state index in [1.807, 2.05) is 0 Å². The number of fused-ring (bicyclic) bond motifs is 1. The molecule has 0 aliphatic heterocycles. The lowest BCUT2D eigenvalue weighted by Crippen LogP contribution is -2.36. The van der Waals surface area contributed by atoms with Crippen molar-refractivity contribution in [2.24, 2.45) is 29.1 Å². The van der Waals surface area contributed by atoms with E-state index in [-0.39, 0.29) is 0 Å². The van der Waals surface area contributed by atoms with Crippen molar-refractivity contribution in [2.45, 2.75) is 104 Å². The topological polar surface area (TPSA) is 40.5 Å². The maximum atomic E-state index is 10.0. The molecule has 29 heavy (non-hydrogen) atoms. The molecular formula is C27H44O2. The number of aliphatic hydroxyl groups is 2. The molecule has 0 heterocycles. The van der Waals surface area contributed by atoms with E-state index in [9.17, 15) is 10.2 Å². The van der Waals surface area contributed by atoms with Gasteiger partial charge >= 0.3 is 0 Å². The van der Waals surface area contributed by atoms with E-state index in [4.69, 9.17) is 0 Å². The molecule has 2 nitrogen and oxygen atoms in total. The van der Waals surface area contributed by atoms with Gasteiger partial charge in [0.05, 0.1) is 12.2 Å². The summed E-state index contributed by atoms with van der Waals surface area (Å²) in [5.41, 5.74) is 4.19. The van der Waals surface area contributed by atoms with Crippen LogP contribution in [0.15, 0.2) is 35.5 Å². The summed E-state index contributed by atoms with van der Waals surface area (Å²) in [5.74, 6) is 3.23. The molecule has 3 fully saturated rings. The van der Waals surface area contributed by atoms with Gasteiger partial charge in [0.1, 0.15) is 0 Å². The maximum absolute atomic E-state index is 10.0. The van der Waals surface area contributed by atoms with Crippen LogP contribution in [0.3, 0.4) is 0 Å². The zero-order valence-corrected chi connectivity index (χ0v) is 19.3. The van der Waals surface area contributed by atoms with Gasteiger partial charge in [-0.25, -0.2) is 0 Å². The molecule has 0 unspecified atom stereocenters. The second-order valence-electron chi connectivity index (χ2n) is 11.0. The normalized spacial score (nSPS) is 39.3. The van der Waals surface area contributed by atoms with E-state index >= 15 is 0 Å². The molecule has 3 aliphatic rings. The summed E-state index contributed by atoms with van der Waals surface area (Å²) in [6, 6.07) is 0. The van der Waals surface area contributed by atoms with Crippen LogP contribution in [-0.2, 0) is 0 Å². The van der Waals surface area contributed by atoms with Crippen LogP contribution in [0.25, 0.3) is 0 Å². The van der Waals surface area contributed by atoms with Crippen LogP contribution in [0.1, 0.15) is 91.9 Å². The Bertz CT molecular complexity index is 643. The Labute approximate surface area is 179 Å². The Hall–Kier alpha value is -0.860. The van der Waals surface area contributed by atoms with Gasteiger partial charge in [-0.1, -0.05) is 71.3 Å². The average Bonchev–Trinajstić information content (AvgIpc) is 3.01. The van der Waals surface area contributed by atoms with Crippen LogP contribution >= 0.6 is 0 Å². The van der Waals surface area contributed by atoms with Gasteiger partial charge in [0.25, 0.3) is 0 Å². The molecule has 0 aromatic carbocycles. The Morgan fingerprint density at radius 3 is 2.52 bits per heavy atom. The van der Waals surface area contributed by atoms with Crippen LogP contribution < -0.4 is 0 Å². The second-order valence-corrected chi connectivity index (χ2v) is 11.0. The van der Waals surface area contributed by atoms with Gasteiger partial charge in [-0.15, -0.1) is 0 Å². The largest absolute Gasteiger partial charge is 0.390 e. The van der Waals surface area contributed by atoms with E-state index in [0.717, 1.165) is 34.8 Å². The number of hydrogen-bond acceptors (Lipinski definition) is 2. The smallest absolute Gasteiger partial charge is 0.0842 e. The van der Waals surface area contributed by atoms with E-state index in [0.29, 0.717) is 18.3 Å². The minimum absolute atomic E-state index is 0.457. The van der Waals surface area contributed by atoms with Gasteiger partial charge in [-0.3, -0.25) is 0 Å². The first-order valence-electron chi connectivity index (χ1n) is 12.2. The fourth-order valence-electron chi connectivity index (χ4n) is 6.68. The highest BCUT2D eigenvalue weighted by Gasteiger charge is 2.50. The quantitative estimate of drug-likeness (QED) is 0.528. The van der Waals surface area contributed by atoms with Crippen molar-refractivity contribution in [3.05, 3.63) is 35.5 Å². The van der Waals surface area contributed by atoms with Crippen molar-refractivity contribution >= 4 is 0 Å². The molecule has 0 spiro atoms. The van der Waals surface area contributed by atoms with E-state index in [1.165, 1.54) is 51.4 Å². The van der Waals surface area contributed by atoms with Crippen LogP contribution in [-0.4, -0.2) is 22.4 Å². The SMILES string of the molecule is C=C1C[C@@H](O)[C@H](O)C/C1=C/C=C1\CCC[C@]2(C)[C@@H]([C@H](C)CCCC(C)C)CC[C@@H]12. The summed E-state index contributed by atoms with van der Waals surface area (Å²) in [7, 11) is 0. The molecule has 164 valence electrons. The fourth-order valence-corrected chi connectivity index (χ4v) is 6.68. The first-order valence-corrected chi connectivity index (χ1v) is 12.2. The highest BCUT2D eigenvalue weighted by molar-refractivity contribution is 5.37. The molecule has 2 N–H and O–H groups in total.